The Morgan fingerprint density at radius 1 is 1.04 bits per heavy atom. The summed E-state index contributed by atoms with van der Waals surface area (Å²) in [4.78, 5) is 28.4. The van der Waals surface area contributed by atoms with E-state index in [1.54, 1.807) is 0 Å². The molecule has 1 aromatic heterocycles. The lowest BCUT2D eigenvalue weighted by atomic mass is 10.1. The number of amides is 1. The molecule has 3 rings (SSSR count). The lowest BCUT2D eigenvalue weighted by molar-refractivity contribution is -0.120. The molecule has 0 fully saturated rings. The number of aryl methyl sites for hydroxylation is 1. The molecular weight excluding hydrogens is 351 g/mol. The van der Waals surface area contributed by atoms with Gasteiger partial charge in [-0.3, -0.25) is 9.59 Å². The molecule has 0 spiro atoms. The summed E-state index contributed by atoms with van der Waals surface area (Å²) in [7, 11) is 0. The second-order valence-corrected chi connectivity index (χ2v) is 6.64. The SMILES string of the molecule is O=C(CCc1nc(-c2ccccc2)cs1)NCC(=O)c1ccc(F)cc1. The molecule has 0 radical (unpaired) electrons. The highest BCUT2D eigenvalue weighted by molar-refractivity contribution is 7.09. The van der Waals surface area contributed by atoms with Crippen LogP contribution in [0.1, 0.15) is 21.8 Å². The maximum absolute atomic E-state index is 12.8. The lowest BCUT2D eigenvalue weighted by Gasteiger charge is -2.04. The number of rotatable bonds is 7. The normalized spacial score (nSPS) is 10.5. The third-order valence-corrected chi connectivity index (χ3v) is 4.71. The van der Waals surface area contributed by atoms with Crippen LogP contribution in [0.4, 0.5) is 4.39 Å². The van der Waals surface area contributed by atoms with Crippen LogP contribution in [0.15, 0.2) is 60.0 Å². The second-order valence-electron chi connectivity index (χ2n) is 5.70. The van der Waals surface area contributed by atoms with Gasteiger partial charge in [-0.1, -0.05) is 30.3 Å². The first kappa shape index (κ1) is 17.9. The van der Waals surface area contributed by atoms with Crippen molar-refractivity contribution in [2.45, 2.75) is 12.8 Å². The van der Waals surface area contributed by atoms with E-state index < -0.39 is 5.82 Å². The first-order valence-electron chi connectivity index (χ1n) is 8.17. The van der Waals surface area contributed by atoms with Gasteiger partial charge in [0.2, 0.25) is 5.91 Å². The van der Waals surface area contributed by atoms with Crippen molar-refractivity contribution < 1.29 is 14.0 Å². The molecule has 1 N–H and O–H groups in total. The number of nitrogens with zero attached hydrogens (tertiary/aromatic N) is 1. The third kappa shape index (κ3) is 4.83. The van der Waals surface area contributed by atoms with E-state index in [-0.39, 0.29) is 24.7 Å². The zero-order valence-electron chi connectivity index (χ0n) is 13.9. The number of aromatic nitrogens is 1. The molecule has 2 aromatic carbocycles. The van der Waals surface area contributed by atoms with E-state index in [2.05, 4.69) is 10.3 Å². The van der Waals surface area contributed by atoms with Gasteiger partial charge in [0.1, 0.15) is 5.82 Å². The largest absolute Gasteiger partial charge is 0.349 e. The van der Waals surface area contributed by atoms with Gasteiger partial charge in [0.15, 0.2) is 5.78 Å². The van der Waals surface area contributed by atoms with Gasteiger partial charge in [-0.25, -0.2) is 9.37 Å². The molecule has 4 nitrogen and oxygen atoms in total. The first-order chi connectivity index (χ1) is 12.6. The van der Waals surface area contributed by atoms with E-state index in [0.29, 0.717) is 12.0 Å². The van der Waals surface area contributed by atoms with E-state index in [0.717, 1.165) is 16.3 Å². The molecule has 1 amide bonds. The molecule has 0 aliphatic rings. The predicted molar refractivity (Wildman–Crippen MR) is 99.6 cm³/mol. The van der Waals surface area contributed by atoms with Crippen molar-refractivity contribution in [1.82, 2.24) is 10.3 Å². The lowest BCUT2D eigenvalue weighted by Crippen LogP contribution is -2.29. The minimum absolute atomic E-state index is 0.0996. The molecule has 0 aliphatic carbocycles. The summed E-state index contributed by atoms with van der Waals surface area (Å²) < 4.78 is 12.8. The second kappa shape index (κ2) is 8.49. The molecule has 0 aliphatic heterocycles. The van der Waals surface area contributed by atoms with Gasteiger partial charge >= 0.3 is 0 Å². The van der Waals surface area contributed by atoms with Crippen LogP contribution in [-0.2, 0) is 11.2 Å². The van der Waals surface area contributed by atoms with E-state index in [4.69, 9.17) is 0 Å². The monoisotopic (exact) mass is 368 g/mol. The summed E-state index contributed by atoms with van der Waals surface area (Å²) in [5.41, 5.74) is 2.32. The zero-order chi connectivity index (χ0) is 18.4. The van der Waals surface area contributed by atoms with Crippen LogP contribution in [0.25, 0.3) is 11.3 Å². The van der Waals surface area contributed by atoms with Crippen LogP contribution in [0.5, 0.6) is 0 Å². The maximum atomic E-state index is 12.8. The van der Waals surface area contributed by atoms with Crippen molar-refractivity contribution in [3.05, 3.63) is 76.4 Å². The molecule has 0 saturated heterocycles. The first-order valence-corrected chi connectivity index (χ1v) is 9.05. The van der Waals surface area contributed by atoms with Crippen molar-refractivity contribution in [2.24, 2.45) is 0 Å². The van der Waals surface area contributed by atoms with Crippen LogP contribution in [0.2, 0.25) is 0 Å². The number of hydrogen-bond acceptors (Lipinski definition) is 4. The Kier molecular flexibility index (Phi) is 5.86. The Bertz CT molecular complexity index is 892. The summed E-state index contributed by atoms with van der Waals surface area (Å²) in [6.45, 7) is -0.0996. The van der Waals surface area contributed by atoms with Gasteiger partial charge < -0.3 is 5.32 Å². The number of halogens is 1. The van der Waals surface area contributed by atoms with Gasteiger partial charge in [-0.2, -0.15) is 0 Å². The number of thiazole rings is 1. The van der Waals surface area contributed by atoms with Crippen LogP contribution in [0.3, 0.4) is 0 Å². The Hall–Kier alpha value is -2.86. The molecule has 0 saturated carbocycles. The van der Waals surface area contributed by atoms with Crippen molar-refractivity contribution >= 4 is 23.0 Å². The molecule has 0 unspecified atom stereocenters. The van der Waals surface area contributed by atoms with E-state index in [1.165, 1.54) is 35.6 Å². The smallest absolute Gasteiger partial charge is 0.220 e. The zero-order valence-corrected chi connectivity index (χ0v) is 14.8. The molecule has 0 bridgehead atoms. The third-order valence-electron chi connectivity index (χ3n) is 3.80. The highest BCUT2D eigenvalue weighted by Gasteiger charge is 2.10. The molecule has 26 heavy (non-hydrogen) atoms. The topological polar surface area (TPSA) is 59.1 Å². The summed E-state index contributed by atoms with van der Waals surface area (Å²) in [6, 6.07) is 15.1. The van der Waals surface area contributed by atoms with E-state index in [9.17, 15) is 14.0 Å². The Morgan fingerprint density at radius 3 is 2.50 bits per heavy atom. The predicted octanol–water partition coefficient (Wildman–Crippen LogP) is 3.88. The number of carbonyl (C=O) groups is 2. The number of nitrogens with one attached hydrogen (secondary N) is 1. The molecular formula is C20H17FN2O2S. The molecule has 1 heterocycles. The van der Waals surface area contributed by atoms with Crippen molar-refractivity contribution in [2.75, 3.05) is 6.54 Å². The fraction of sp³-hybridized carbons (Fsp3) is 0.150. The summed E-state index contributed by atoms with van der Waals surface area (Å²) in [6.07, 6.45) is 0.784. The van der Waals surface area contributed by atoms with E-state index in [1.807, 2.05) is 35.7 Å². The van der Waals surface area contributed by atoms with Gasteiger partial charge in [-0.15, -0.1) is 11.3 Å². The molecule has 132 valence electrons. The Labute approximate surface area is 154 Å². The average molecular weight is 368 g/mol. The standard InChI is InChI=1S/C20H17FN2O2S/c21-16-8-6-15(7-9-16)18(24)12-22-19(25)10-11-20-23-17(13-26-20)14-4-2-1-3-5-14/h1-9,13H,10-12H2,(H,22,25). The number of carbonyl (C=O) groups excluding carboxylic acids is 2. The molecule has 0 atom stereocenters. The van der Waals surface area contributed by atoms with Crippen molar-refractivity contribution in [3.8, 4) is 11.3 Å². The highest BCUT2D eigenvalue weighted by atomic mass is 32.1. The average Bonchev–Trinajstić information content (AvgIpc) is 3.15. The summed E-state index contributed by atoms with van der Waals surface area (Å²) in [5.74, 6) is -0.861. The summed E-state index contributed by atoms with van der Waals surface area (Å²) in [5, 5.41) is 5.45. The van der Waals surface area contributed by atoms with Gasteiger partial charge in [-0.05, 0) is 24.3 Å². The van der Waals surface area contributed by atoms with Crippen LogP contribution in [-0.4, -0.2) is 23.2 Å². The van der Waals surface area contributed by atoms with Gasteiger partial charge in [0, 0.05) is 29.3 Å². The van der Waals surface area contributed by atoms with E-state index >= 15 is 0 Å². The Balaban J connectivity index is 1.46. The van der Waals surface area contributed by atoms with Crippen LogP contribution >= 0.6 is 11.3 Å². The van der Waals surface area contributed by atoms with Gasteiger partial charge in [0.25, 0.3) is 0 Å². The number of ketones is 1. The number of Topliss-reactive ketones (excluding diaryl/α,β-unsaturated/α-hetero) is 1. The van der Waals surface area contributed by atoms with Crippen LogP contribution < -0.4 is 5.32 Å². The quantitative estimate of drug-likeness (QED) is 0.644. The van der Waals surface area contributed by atoms with Crippen molar-refractivity contribution in [3.63, 3.8) is 0 Å². The highest BCUT2D eigenvalue weighted by Crippen LogP contribution is 2.22. The summed E-state index contributed by atoms with van der Waals surface area (Å²) >= 11 is 1.52. The van der Waals surface area contributed by atoms with Crippen LogP contribution in [0, 0.1) is 5.82 Å². The fourth-order valence-electron chi connectivity index (χ4n) is 2.39. The fourth-order valence-corrected chi connectivity index (χ4v) is 3.20. The molecule has 6 heteroatoms. The Morgan fingerprint density at radius 2 is 1.77 bits per heavy atom. The number of benzene rings is 2. The maximum Gasteiger partial charge on any atom is 0.220 e. The van der Waals surface area contributed by atoms with Gasteiger partial charge in [0.05, 0.1) is 17.2 Å². The minimum Gasteiger partial charge on any atom is -0.349 e. The van der Waals surface area contributed by atoms with Crippen molar-refractivity contribution in [1.29, 1.82) is 0 Å². The minimum atomic E-state index is -0.399. The molecule has 3 aromatic rings. The number of hydrogen-bond donors (Lipinski definition) is 1.